The zero-order valence-electron chi connectivity index (χ0n) is 13.1. The summed E-state index contributed by atoms with van der Waals surface area (Å²) in [6.07, 6.45) is 2.81. The van der Waals surface area contributed by atoms with Crippen molar-refractivity contribution in [3.05, 3.63) is 0 Å². The van der Waals surface area contributed by atoms with Gasteiger partial charge in [0.05, 0.1) is 0 Å². The Morgan fingerprint density at radius 3 is 2.10 bits per heavy atom. The van der Waals surface area contributed by atoms with Gasteiger partial charge in [0.25, 0.3) is 0 Å². The molecule has 5 heteroatoms. The lowest BCUT2D eigenvalue weighted by Gasteiger charge is -2.54. The molecule has 114 valence electrons. The Hall–Kier alpha value is -0.810. The van der Waals surface area contributed by atoms with Crippen LogP contribution in [-0.2, 0) is 4.74 Å². The molecule has 2 saturated heterocycles. The van der Waals surface area contributed by atoms with E-state index < -0.39 is 11.3 Å². The van der Waals surface area contributed by atoms with Crippen LogP contribution in [0, 0.1) is 0 Å². The molecular weight excluding hydrogens is 256 g/mol. The molecule has 0 radical (unpaired) electrons. The summed E-state index contributed by atoms with van der Waals surface area (Å²) in [7, 11) is 0. The van der Waals surface area contributed by atoms with Crippen LogP contribution >= 0.6 is 0 Å². The quantitative estimate of drug-likeness (QED) is 0.772. The molecular formula is C15H26N2O3. The number of amides is 1. The van der Waals surface area contributed by atoms with Crippen molar-refractivity contribution in [1.82, 2.24) is 10.2 Å². The van der Waals surface area contributed by atoms with Gasteiger partial charge in [0.1, 0.15) is 0 Å². The van der Waals surface area contributed by atoms with Crippen molar-refractivity contribution >= 4 is 6.09 Å². The highest BCUT2D eigenvalue weighted by molar-refractivity contribution is 5.73. The maximum atomic E-state index is 12.3. The van der Waals surface area contributed by atoms with Crippen molar-refractivity contribution in [2.24, 2.45) is 0 Å². The van der Waals surface area contributed by atoms with Gasteiger partial charge in [-0.3, -0.25) is 4.90 Å². The molecule has 5 nitrogen and oxygen atoms in total. The summed E-state index contributed by atoms with van der Waals surface area (Å²) in [6, 6.07) is 0.151. The fourth-order valence-electron chi connectivity index (χ4n) is 4.45. The zero-order valence-corrected chi connectivity index (χ0v) is 13.1. The molecule has 3 fully saturated rings. The number of carbonyl (C=O) groups excluding carboxylic acids is 1. The van der Waals surface area contributed by atoms with Crippen molar-refractivity contribution in [3.8, 4) is 0 Å². The first-order valence-electron chi connectivity index (χ1n) is 7.52. The van der Waals surface area contributed by atoms with Crippen LogP contribution in [0.25, 0.3) is 0 Å². The molecule has 1 spiro atoms. The average molecular weight is 282 g/mol. The standard InChI is InChI=1S/C15H26N2O3/c1-12(2)8-15(9-13(3,4)16-12)14(5,19)17(10-6-7-10)11(18)20-15/h10,16,19H,6-9H2,1-5H3. The lowest BCUT2D eigenvalue weighted by Crippen LogP contribution is -2.70. The highest BCUT2D eigenvalue weighted by Gasteiger charge is 2.68. The smallest absolute Gasteiger partial charge is 0.413 e. The van der Waals surface area contributed by atoms with Crippen molar-refractivity contribution in [2.45, 2.75) is 88.7 Å². The van der Waals surface area contributed by atoms with Crippen molar-refractivity contribution < 1.29 is 14.6 Å². The number of piperidine rings is 1. The molecule has 0 aromatic rings. The minimum atomic E-state index is -1.23. The summed E-state index contributed by atoms with van der Waals surface area (Å²) >= 11 is 0. The Morgan fingerprint density at radius 2 is 1.65 bits per heavy atom. The number of rotatable bonds is 1. The molecule has 3 rings (SSSR count). The van der Waals surface area contributed by atoms with Gasteiger partial charge in [0.2, 0.25) is 0 Å². The lowest BCUT2D eigenvalue weighted by atomic mass is 9.68. The molecule has 0 aromatic carbocycles. The van der Waals surface area contributed by atoms with E-state index in [1.807, 2.05) is 0 Å². The molecule has 3 aliphatic rings. The highest BCUT2D eigenvalue weighted by Crippen LogP contribution is 2.52. The predicted octanol–water partition coefficient (Wildman–Crippen LogP) is 1.99. The molecule has 2 aliphatic heterocycles. The van der Waals surface area contributed by atoms with E-state index in [1.54, 1.807) is 11.8 Å². The molecule has 0 bridgehead atoms. The van der Waals surface area contributed by atoms with Gasteiger partial charge in [0, 0.05) is 30.0 Å². The van der Waals surface area contributed by atoms with Crippen LogP contribution in [0.1, 0.15) is 60.3 Å². The summed E-state index contributed by atoms with van der Waals surface area (Å²) in [5.41, 5.74) is -2.44. The Kier molecular flexibility index (Phi) is 2.61. The van der Waals surface area contributed by atoms with Crippen LogP contribution in [-0.4, -0.2) is 44.5 Å². The predicted molar refractivity (Wildman–Crippen MR) is 75.2 cm³/mol. The fraction of sp³-hybridized carbons (Fsp3) is 0.933. The first-order valence-corrected chi connectivity index (χ1v) is 7.52. The van der Waals surface area contributed by atoms with Crippen LogP contribution in [0.15, 0.2) is 0 Å². The summed E-state index contributed by atoms with van der Waals surface area (Å²) in [4.78, 5) is 13.9. The minimum Gasteiger partial charge on any atom is -0.437 e. The van der Waals surface area contributed by atoms with Gasteiger partial charge in [0.15, 0.2) is 11.3 Å². The third kappa shape index (κ3) is 1.94. The fourth-order valence-corrected chi connectivity index (χ4v) is 4.45. The third-order valence-corrected chi connectivity index (χ3v) is 4.86. The van der Waals surface area contributed by atoms with Crippen molar-refractivity contribution in [3.63, 3.8) is 0 Å². The Bertz CT molecular complexity index is 436. The first kappa shape index (κ1) is 14.1. The van der Waals surface area contributed by atoms with Gasteiger partial charge in [-0.1, -0.05) is 0 Å². The Balaban J connectivity index is 2.00. The van der Waals surface area contributed by atoms with Gasteiger partial charge in [-0.05, 0) is 47.5 Å². The summed E-state index contributed by atoms with van der Waals surface area (Å²) in [6.45, 7) is 10.1. The molecule has 1 saturated carbocycles. The highest BCUT2D eigenvalue weighted by atomic mass is 16.6. The number of hydrogen-bond donors (Lipinski definition) is 2. The monoisotopic (exact) mass is 282 g/mol. The molecule has 1 unspecified atom stereocenters. The number of aliphatic hydroxyl groups is 1. The van der Waals surface area contributed by atoms with Gasteiger partial charge >= 0.3 is 6.09 Å². The lowest BCUT2D eigenvalue weighted by molar-refractivity contribution is -0.182. The molecule has 0 aromatic heterocycles. The average Bonchev–Trinajstić information content (AvgIpc) is 2.92. The second kappa shape index (κ2) is 3.69. The van der Waals surface area contributed by atoms with Gasteiger partial charge in [-0.2, -0.15) is 0 Å². The van der Waals surface area contributed by atoms with Gasteiger partial charge in [-0.25, -0.2) is 4.79 Å². The van der Waals surface area contributed by atoms with Gasteiger partial charge in [-0.15, -0.1) is 0 Å². The van der Waals surface area contributed by atoms with E-state index in [9.17, 15) is 9.90 Å². The van der Waals surface area contributed by atoms with E-state index >= 15 is 0 Å². The van der Waals surface area contributed by atoms with E-state index in [1.165, 1.54) is 0 Å². The van der Waals surface area contributed by atoms with Crippen LogP contribution in [0.2, 0.25) is 0 Å². The summed E-state index contributed by atoms with van der Waals surface area (Å²) in [5, 5.41) is 14.7. The maximum Gasteiger partial charge on any atom is 0.413 e. The number of hydrogen-bond acceptors (Lipinski definition) is 4. The summed E-state index contributed by atoms with van der Waals surface area (Å²) < 4.78 is 5.79. The van der Waals surface area contributed by atoms with Crippen LogP contribution in [0.5, 0.6) is 0 Å². The normalized spacial score (nSPS) is 38.1. The molecule has 2 N–H and O–H groups in total. The van der Waals surface area contributed by atoms with E-state index in [0.29, 0.717) is 12.8 Å². The second-order valence-corrected chi connectivity index (χ2v) is 8.23. The van der Waals surface area contributed by atoms with E-state index in [-0.39, 0.29) is 23.2 Å². The van der Waals surface area contributed by atoms with Crippen LogP contribution in [0.4, 0.5) is 4.79 Å². The third-order valence-electron chi connectivity index (χ3n) is 4.86. The van der Waals surface area contributed by atoms with Gasteiger partial charge < -0.3 is 15.2 Å². The van der Waals surface area contributed by atoms with E-state index in [4.69, 9.17) is 4.74 Å². The molecule has 20 heavy (non-hydrogen) atoms. The van der Waals surface area contributed by atoms with E-state index in [0.717, 1.165) is 12.8 Å². The topological polar surface area (TPSA) is 61.8 Å². The second-order valence-electron chi connectivity index (χ2n) is 8.23. The molecule has 1 amide bonds. The van der Waals surface area contributed by atoms with Crippen molar-refractivity contribution in [2.75, 3.05) is 0 Å². The largest absolute Gasteiger partial charge is 0.437 e. The van der Waals surface area contributed by atoms with Crippen molar-refractivity contribution in [1.29, 1.82) is 0 Å². The Labute approximate surface area is 120 Å². The SMILES string of the molecule is CC1(C)CC2(CC(C)(C)N1)OC(=O)N(C1CC1)C2(C)O. The first-order chi connectivity index (χ1) is 8.98. The molecule has 1 atom stereocenters. The molecule has 2 heterocycles. The summed E-state index contributed by atoms with van der Waals surface area (Å²) in [5.74, 6) is 0. The number of nitrogens with zero attached hydrogens (tertiary/aromatic N) is 1. The number of nitrogens with one attached hydrogen (secondary N) is 1. The number of ether oxygens (including phenoxy) is 1. The van der Waals surface area contributed by atoms with E-state index in [2.05, 4.69) is 33.0 Å². The number of carbonyl (C=O) groups is 1. The Morgan fingerprint density at radius 1 is 1.15 bits per heavy atom. The van der Waals surface area contributed by atoms with Crippen LogP contribution < -0.4 is 5.32 Å². The minimum absolute atomic E-state index is 0.151. The maximum absolute atomic E-state index is 12.3. The zero-order chi connectivity index (χ0) is 15.0. The van der Waals surface area contributed by atoms with Crippen LogP contribution in [0.3, 0.4) is 0 Å². The molecule has 1 aliphatic carbocycles.